The van der Waals surface area contributed by atoms with E-state index < -0.39 is 0 Å². The number of benzene rings is 1. The monoisotopic (exact) mass is 295 g/mol. The molecule has 0 spiro atoms. The molecule has 0 aliphatic carbocycles. The van der Waals surface area contributed by atoms with E-state index in [4.69, 9.17) is 0 Å². The first-order valence-corrected chi connectivity index (χ1v) is 8.23. The maximum atomic E-state index is 11.6. The summed E-state index contributed by atoms with van der Waals surface area (Å²) in [6.45, 7) is 2.12. The van der Waals surface area contributed by atoms with Crippen LogP contribution in [0, 0.1) is 0 Å². The second kappa shape index (κ2) is 5.78. The van der Waals surface area contributed by atoms with Gasteiger partial charge in [0.1, 0.15) is 0 Å². The van der Waals surface area contributed by atoms with E-state index in [1.807, 2.05) is 4.40 Å². The summed E-state index contributed by atoms with van der Waals surface area (Å²) in [5.41, 5.74) is 5.07. The molecule has 0 aliphatic rings. The van der Waals surface area contributed by atoms with E-state index in [0.717, 1.165) is 35.0 Å². The van der Waals surface area contributed by atoms with Gasteiger partial charge in [0.25, 0.3) is 0 Å². The van der Waals surface area contributed by atoms with E-state index in [2.05, 4.69) is 61.8 Å². The maximum absolute atomic E-state index is 11.6. The largest absolute Gasteiger partial charge is 0.313 e. The van der Waals surface area contributed by atoms with Crippen LogP contribution in [0.15, 0.2) is 53.6 Å². The molecule has 1 aromatic carbocycles. The first-order valence-electron chi connectivity index (χ1n) is 7.00. The first kappa shape index (κ1) is 14.0. The third kappa shape index (κ3) is 2.49. The molecule has 2 heterocycles. The van der Waals surface area contributed by atoms with E-state index in [1.165, 1.54) is 10.5 Å². The standard InChI is InChI=1S/C18H17NOS/c1-3-13-4-7-15-10-17(18(12-20)19(15)11-13)14-5-8-16(21-2)9-6-14/h4-12H,3H2,1-2H3. The minimum Gasteiger partial charge on any atom is -0.313 e. The third-order valence-corrected chi connectivity index (χ3v) is 4.53. The van der Waals surface area contributed by atoms with Crippen molar-refractivity contribution < 1.29 is 4.79 Å². The summed E-state index contributed by atoms with van der Waals surface area (Å²) in [5.74, 6) is 0. The van der Waals surface area contributed by atoms with Crippen LogP contribution < -0.4 is 0 Å². The Balaban J connectivity index is 2.19. The average Bonchev–Trinajstić information content (AvgIpc) is 2.92. The van der Waals surface area contributed by atoms with Crippen molar-refractivity contribution in [1.29, 1.82) is 0 Å². The minimum absolute atomic E-state index is 0.720. The van der Waals surface area contributed by atoms with Crippen molar-refractivity contribution >= 4 is 23.6 Å². The number of fused-ring (bicyclic) bond motifs is 1. The number of pyridine rings is 1. The number of thioether (sulfide) groups is 1. The number of hydrogen-bond acceptors (Lipinski definition) is 2. The minimum atomic E-state index is 0.720. The Labute approximate surface area is 128 Å². The van der Waals surface area contributed by atoms with Crippen molar-refractivity contribution in [3.63, 3.8) is 0 Å². The molecule has 2 aromatic heterocycles. The molecule has 3 heteroatoms. The van der Waals surface area contributed by atoms with Crippen molar-refractivity contribution in [1.82, 2.24) is 4.40 Å². The van der Waals surface area contributed by atoms with Gasteiger partial charge in [0.05, 0.1) is 5.69 Å². The number of aromatic nitrogens is 1. The van der Waals surface area contributed by atoms with E-state index in [9.17, 15) is 4.79 Å². The number of rotatable bonds is 4. The van der Waals surface area contributed by atoms with Crippen LogP contribution in [0.1, 0.15) is 23.0 Å². The molecule has 2 nitrogen and oxygen atoms in total. The predicted octanol–water partition coefficient (Wildman–Crippen LogP) is 4.70. The molecule has 0 saturated carbocycles. The summed E-state index contributed by atoms with van der Waals surface area (Å²) in [6.07, 6.45) is 6.03. The zero-order valence-electron chi connectivity index (χ0n) is 12.2. The van der Waals surface area contributed by atoms with Gasteiger partial charge in [-0.3, -0.25) is 4.79 Å². The average molecular weight is 295 g/mol. The maximum Gasteiger partial charge on any atom is 0.167 e. The lowest BCUT2D eigenvalue weighted by molar-refractivity contribution is 0.111. The molecule has 0 N–H and O–H groups in total. The fourth-order valence-electron chi connectivity index (χ4n) is 2.57. The number of nitrogens with zero attached hydrogens (tertiary/aromatic N) is 1. The number of hydrogen-bond donors (Lipinski definition) is 0. The van der Waals surface area contributed by atoms with Gasteiger partial charge >= 0.3 is 0 Å². The van der Waals surface area contributed by atoms with Crippen LogP contribution in [0.3, 0.4) is 0 Å². The van der Waals surface area contributed by atoms with Gasteiger partial charge < -0.3 is 4.40 Å². The van der Waals surface area contributed by atoms with Crippen LogP contribution in [0.2, 0.25) is 0 Å². The number of aryl methyl sites for hydroxylation is 1. The third-order valence-electron chi connectivity index (χ3n) is 3.79. The molecule has 0 atom stereocenters. The van der Waals surface area contributed by atoms with Crippen molar-refractivity contribution in [3.8, 4) is 11.1 Å². The van der Waals surface area contributed by atoms with Gasteiger partial charge in [-0.2, -0.15) is 0 Å². The predicted molar refractivity (Wildman–Crippen MR) is 89.4 cm³/mol. The highest BCUT2D eigenvalue weighted by molar-refractivity contribution is 7.98. The quantitative estimate of drug-likeness (QED) is 0.514. The first-order chi connectivity index (χ1) is 10.3. The molecule has 0 bridgehead atoms. The molecule has 3 aromatic rings. The molecular weight excluding hydrogens is 278 g/mol. The van der Waals surface area contributed by atoms with Gasteiger partial charge in [0.2, 0.25) is 0 Å². The van der Waals surface area contributed by atoms with E-state index in [0.29, 0.717) is 0 Å². The summed E-state index contributed by atoms with van der Waals surface area (Å²) in [5, 5.41) is 0. The van der Waals surface area contributed by atoms with E-state index in [-0.39, 0.29) is 0 Å². The Hall–Kier alpha value is -2.00. The van der Waals surface area contributed by atoms with Gasteiger partial charge in [-0.15, -0.1) is 11.8 Å². The number of aldehydes is 1. The molecule has 0 radical (unpaired) electrons. The summed E-state index contributed by atoms with van der Waals surface area (Å²) in [6, 6.07) is 14.6. The van der Waals surface area contributed by atoms with E-state index in [1.54, 1.807) is 11.8 Å². The summed E-state index contributed by atoms with van der Waals surface area (Å²) < 4.78 is 1.99. The second-order valence-electron chi connectivity index (χ2n) is 4.98. The van der Waals surface area contributed by atoms with Gasteiger partial charge in [-0.1, -0.05) is 25.1 Å². The lowest BCUT2D eigenvalue weighted by Gasteiger charge is -2.03. The summed E-state index contributed by atoms with van der Waals surface area (Å²) in [4.78, 5) is 12.8. The second-order valence-corrected chi connectivity index (χ2v) is 5.86. The Morgan fingerprint density at radius 3 is 2.52 bits per heavy atom. The SMILES string of the molecule is CCc1ccc2cc(-c3ccc(SC)cc3)c(C=O)n2c1. The number of carbonyl (C=O) groups is 1. The lowest BCUT2D eigenvalue weighted by atomic mass is 10.1. The van der Waals surface area contributed by atoms with Gasteiger partial charge in [-0.05, 0) is 48.1 Å². The highest BCUT2D eigenvalue weighted by Crippen LogP contribution is 2.28. The van der Waals surface area contributed by atoms with Crippen molar-refractivity contribution in [2.75, 3.05) is 6.26 Å². The van der Waals surface area contributed by atoms with Crippen molar-refractivity contribution in [2.24, 2.45) is 0 Å². The molecule has 0 aliphatic heterocycles. The Kier molecular flexibility index (Phi) is 3.84. The van der Waals surface area contributed by atoms with Gasteiger partial charge in [0, 0.05) is 22.2 Å². The molecule has 0 fully saturated rings. The molecule has 0 unspecified atom stereocenters. The zero-order chi connectivity index (χ0) is 14.8. The Bertz CT molecular complexity index is 787. The lowest BCUT2D eigenvalue weighted by Crippen LogP contribution is -1.94. The fraction of sp³-hybridized carbons (Fsp3) is 0.167. The van der Waals surface area contributed by atoms with Crippen LogP contribution in [0.5, 0.6) is 0 Å². The molecular formula is C18H17NOS. The smallest absolute Gasteiger partial charge is 0.167 e. The van der Waals surface area contributed by atoms with E-state index >= 15 is 0 Å². The van der Waals surface area contributed by atoms with Gasteiger partial charge in [0.15, 0.2) is 6.29 Å². The van der Waals surface area contributed by atoms with Crippen molar-refractivity contribution in [3.05, 3.63) is 59.9 Å². The van der Waals surface area contributed by atoms with Crippen LogP contribution in [0.25, 0.3) is 16.6 Å². The normalized spacial score (nSPS) is 11.0. The zero-order valence-corrected chi connectivity index (χ0v) is 13.0. The summed E-state index contributed by atoms with van der Waals surface area (Å²) >= 11 is 1.72. The topological polar surface area (TPSA) is 21.5 Å². The highest BCUT2D eigenvalue weighted by Gasteiger charge is 2.11. The van der Waals surface area contributed by atoms with Gasteiger partial charge in [-0.25, -0.2) is 0 Å². The Morgan fingerprint density at radius 1 is 1.14 bits per heavy atom. The van der Waals surface area contributed by atoms with Crippen LogP contribution in [0.4, 0.5) is 0 Å². The molecule has 106 valence electrons. The Morgan fingerprint density at radius 2 is 1.90 bits per heavy atom. The number of carbonyl (C=O) groups excluding carboxylic acids is 1. The van der Waals surface area contributed by atoms with Crippen LogP contribution in [-0.2, 0) is 6.42 Å². The molecule has 21 heavy (non-hydrogen) atoms. The van der Waals surface area contributed by atoms with Crippen molar-refractivity contribution in [2.45, 2.75) is 18.2 Å². The summed E-state index contributed by atoms with van der Waals surface area (Å²) in [7, 11) is 0. The molecule has 0 saturated heterocycles. The van der Waals surface area contributed by atoms with Crippen LogP contribution >= 0.6 is 11.8 Å². The molecule has 0 amide bonds. The molecule has 3 rings (SSSR count). The highest BCUT2D eigenvalue weighted by atomic mass is 32.2. The van der Waals surface area contributed by atoms with Crippen LogP contribution in [-0.4, -0.2) is 16.9 Å². The fourth-order valence-corrected chi connectivity index (χ4v) is 2.97.